The molecule has 0 saturated carbocycles. The molecule has 2 aromatic rings. The summed E-state index contributed by atoms with van der Waals surface area (Å²) in [7, 11) is 0. The van der Waals surface area contributed by atoms with Gasteiger partial charge in [-0.25, -0.2) is 0 Å². The van der Waals surface area contributed by atoms with Gasteiger partial charge in [-0.05, 0) is 53.4 Å². The smallest absolute Gasteiger partial charge is 0.270 e. The number of amides is 1. The van der Waals surface area contributed by atoms with Gasteiger partial charge in [-0.3, -0.25) is 9.78 Å². The Morgan fingerprint density at radius 2 is 2.33 bits per heavy atom. The summed E-state index contributed by atoms with van der Waals surface area (Å²) in [4.78, 5) is 19.1. The quantitative estimate of drug-likeness (QED) is 0.889. The van der Waals surface area contributed by atoms with Crippen LogP contribution in [0.5, 0.6) is 0 Å². The second kappa shape index (κ2) is 5.34. The van der Waals surface area contributed by atoms with Gasteiger partial charge in [-0.15, -0.1) is 11.3 Å². The number of carbonyl (C=O) groups is 1. The van der Waals surface area contributed by atoms with Crippen LogP contribution in [0, 0.1) is 5.92 Å². The van der Waals surface area contributed by atoms with Gasteiger partial charge in [0.1, 0.15) is 5.69 Å². The van der Waals surface area contributed by atoms with Crippen LogP contribution in [0.25, 0.3) is 10.1 Å². The maximum atomic E-state index is 12.4. The van der Waals surface area contributed by atoms with E-state index in [0.717, 1.165) is 32.8 Å². The topological polar surface area (TPSA) is 45.2 Å². The van der Waals surface area contributed by atoms with E-state index in [-0.39, 0.29) is 11.9 Å². The number of aromatic nitrogens is 1. The van der Waals surface area contributed by atoms with E-state index in [1.54, 1.807) is 17.5 Å². The lowest BCUT2D eigenvalue weighted by Gasteiger charge is -2.30. The Morgan fingerprint density at radius 1 is 1.43 bits per heavy atom. The monoisotopic (exact) mass is 365 g/mol. The van der Waals surface area contributed by atoms with Gasteiger partial charge in [0, 0.05) is 35.4 Å². The molecule has 1 N–H and O–H groups in total. The van der Waals surface area contributed by atoms with Gasteiger partial charge in [0.2, 0.25) is 0 Å². The largest absolute Gasteiger partial charge is 0.347 e. The van der Waals surface area contributed by atoms with Crippen LogP contribution in [0.15, 0.2) is 22.1 Å². The molecule has 2 saturated heterocycles. The fraction of sp³-hybridized carbons (Fsp3) is 0.467. The predicted octanol–water partition coefficient (Wildman–Crippen LogP) is 2.88. The van der Waals surface area contributed by atoms with Crippen LogP contribution < -0.4 is 5.32 Å². The molecule has 3 atom stereocenters. The van der Waals surface area contributed by atoms with Crippen LogP contribution in [0.3, 0.4) is 0 Å². The zero-order chi connectivity index (χ0) is 14.4. The summed E-state index contributed by atoms with van der Waals surface area (Å²) in [6.45, 7) is 3.37. The minimum Gasteiger partial charge on any atom is -0.347 e. The standard InChI is InChI=1S/C15H16BrN3OS/c16-14-4-10-6-17-12(5-13(10)21-14)15(20)18-11-3-9-1-2-19(7-9)8-11/h4-6,9,11H,1-3,7-8H2,(H,18,20)/t9-,11+/m0/s1. The summed E-state index contributed by atoms with van der Waals surface area (Å²) in [6.07, 6.45) is 4.16. The van der Waals surface area contributed by atoms with Crippen molar-refractivity contribution in [1.82, 2.24) is 15.2 Å². The molecular weight excluding hydrogens is 350 g/mol. The van der Waals surface area contributed by atoms with Gasteiger partial charge in [0.05, 0.1) is 3.79 Å². The zero-order valence-corrected chi connectivity index (χ0v) is 13.9. The molecule has 2 aliphatic heterocycles. The molecule has 2 fully saturated rings. The van der Waals surface area contributed by atoms with Gasteiger partial charge < -0.3 is 10.2 Å². The molecule has 4 nitrogen and oxygen atoms in total. The molecule has 4 rings (SSSR count). The summed E-state index contributed by atoms with van der Waals surface area (Å²) < 4.78 is 2.16. The number of nitrogens with zero attached hydrogens (tertiary/aromatic N) is 2. The first-order chi connectivity index (χ1) is 10.2. The van der Waals surface area contributed by atoms with Crippen LogP contribution >= 0.6 is 27.3 Å². The van der Waals surface area contributed by atoms with E-state index < -0.39 is 0 Å². The predicted molar refractivity (Wildman–Crippen MR) is 87.7 cm³/mol. The molecule has 1 amide bonds. The summed E-state index contributed by atoms with van der Waals surface area (Å²) in [5, 5.41) is 4.23. The van der Waals surface area contributed by atoms with E-state index in [1.807, 2.05) is 12.1 Å². The Morgan fingerprint density at radius 3 is 3.19 bits per heavy atom. The van der Waals surface area contributed by atoms with Crippen molar-refractivity contribution < 1.29 is 4.79 Å². The Balaban J connectivity index is 1.50. The Labute approximate surface area is 135 Å². The maximum Gasteiger partial charge on any atom is 0.270 e. The Hall–Kier alpha value is -0.980. The highest BCUT2D eigenvalue weighted by molar-refractivity contribution is 9.11. The van der Waals surface area contributed by atoms with Crippen molar-refractivity contribution in [3.63, 3.8) is 0 Å². The third kappa shape index (κ3) is 2.72. The molecule has 21 heavy (non-hydrogen) atoms. The zero-order valence-electron chi connectivity index (χ0n) is 11.5. The van der Waals surface area contributed by atoms with E-state index in [0.29, 0.717) is 5.69 Å². The molecule has 0 radical (unpaired) electrons. The molecule has 0 spiro atoms. The van der Waals surface area contributed by atoms with Crippen molar-refractivity contribution in [1.29, 1.82) is 0 Å². The number of thiophene rings is 1. The highest BCUT2D eigenvalue weighted by Crippen LogP contribution is 2.30. The van der Waals surface area contributed by atoms with Crippen molar-refractivity contribution in [3.8, 4) is 0 Å². The second-order valence-electron chi connectivity index (χ2n) is 5.98. The van der Waals surface area contributed by atoms with Crippen LogP contribution in [-0.2, 0) is 0 Å². The van der Waals surface area contributed by atoms with Crippen molar-refractivity contribution in [2.45, 2.75) is 18.9 Å². The van der Waals surface area contributed by atoms with Crippen LogP contribution in [0.1, 0.15) is 23.3 Å². The summed E-state index contributed by atoms with van der Waals surface area (Å²) in [5.74, 6) is 0.710. The number of fused-ring (bicyclic) bond motifs is 3. The Bertz CT molecular complexity index is 689. The SMILES string of the molecule is O=C(N[C@@H]1C[C@@H]2CCN(C2)C1)c1cc2sc(Br)cc2cn1. The molecule has 6 heteroatoms. The first kappa shape index (κ1) is 13.7. The first-order valence-corrected chi connectivity index (χ1v) is 8.86. The number of rotatable bonds is 2. The number of piperidine rings is 1. The highest BCUT2D eigenvalue weighted by Gasteiger charge is 2.33. The van der Waals surface area contributed by atoms with Gasteiger partial charge in [0.15, 0.2) is 0 Å². The van der Waals surface area contributed by atoms with Crippen molar-refractivity contribution >= 4 is 43.3 Å². The lowest BCUT2D eigenvalue weighted by Crippen LogP contribution is -2.47. The molecule has 2 aliphatic rings. The Kier molecular flexibility index (Phi) is 3.47. The third-order valence-electron chi connectivity index (χ3n) is 4.41. The van der Waals surface area contributed by atoms with Gasteiger partial charge in [-0.1, -0.05) is 0 Å². The number of halogens is 1. The maximum absolute atomic E-state index is 12.4. The molecule has 0 aliphatic carbocycles. The lowest BCUT2D eigenvalue weighted by atomic mass is 9.97. The normalized spacial score (nSPS) is 28.0. The van der Waals surface area contributed by atoms with E-state index >= 15 is 0 Å². The van der Waals surface area contributed by atoms with Crippen LogP contribution in [0.4, 0.5) is 0 Å². The summed E-state index contributed by atoms with van der Waals surface area (Å²) >= 11 is 5.10. The molecular formula is C15H16BrN3OS. The fourth-order valence-corrected chi connectivity index (χ4v) is 5.01. The second-order valence-corrected chi connectivity index (χ2v) is 8.44. The van der Waals surface area contributed by atoms with E-state index in [1.165, 1.54) is 19.5 Å². The molecule has 2 bridgehead atoms. The number of hydrogen-bond acceptors (Lipinski definition) is 4. The fourth-order valence-electron chi connectivity index (χ4n) is 3.45. The molecule has 2 aromatic heterocycles. The van der Waals surface area contributed by atoms with E-state index in [9.17, 15) is 4.79 Å². The molecule has 0 aromatic carbocycles. The van der Waals surface area contributed by atoms with Gasteiger partial charge >= 0.3 is 0 Å². The number of nitrogens with one attached hydrogen (secondary N) is 1. The number of pyridine rings is 1. The van der Waals surface area contributed by atoms with Crippen LogP contribution in [-0.4, -0.2) is 41.5 Å². The van der Waals surface area contributed by atoms with E-state index in [2.05, 4.69) is 31.1 Å². The summed E-state index contributed by atoms with van der Waals surface area (Å²) in [5.41, 5.74) is 0.518. The number of hydrogen-bond donors (Lipinski definition) is 1. The highest BCUT2D eigenvalue weighted by atomic mass is 79.9. The van der Waals surface area contributed by atoms with Crippen LogP contribution in [0.2, 0.25) is 0 Å². The minimum atomic E-state index is -0.0473. The number of carbonyl (C=O) groups excluding carboxylic acids is 1. The third-order valence-corrected chi connectivity index (χ3v) is 6.01. The van der Waals surface area contributed by atoms with Crippen molar-refractivity contribution in [2.75, 3.05) is 19.6 Å². The summed E-state index contributed by atoms with van der Waals surface area (Å²) in [6, 6.07) is 4.19. The average molecular weight is 366 g/mol. The van der Waals surface area contributed by atoms with Gasteiger partial charge in [0.25, 0.3) is 5.91 Å². The molecule has 4 heterocycles. The minimum absolute atomic E-state index is 0.0473. The van der Waals surface area contributed by atoms with E-state index in [4.69, 9.17) is 0 Å². The van der Waals surface area contributed by atoms with Crippen molar-refractivity contribution in [3.05, 3.63) is 27.8 Å². The van der Waals surface area contributed by atoms with Crippen molar-refractivity contribution in [2.24, 2.45) is 5.92 Å². The first-order valence-electron chi connectivity index (χ1n) is 7.26. The lowest BCUT2D eigenvalue weighted by molar-refractivity contribution is 0.0904. The average Bonchev–Trinajstić information content (AvgIpc) is 2.99. The van der Waals surface area contributed by atoms with Gasteiger partial charge in [-0.2, -0.15) is 0 Å². The molecule has 110 valence electrons. The molecule has 1 unspecified atom stereocenters.